The van der Waals surface area contributed by atoms with Crippen molar-refractivity contribution in [3.8, 4) is 22.4 Å². The van der Waals surface area contributed by atoms with Crippen LogP contribution in [0, 0.1) is 5.82 Å². The van der Waals surface area contributed by atoms with Crippen molar-refractivity contribution in [3.63, 3.8) is 0 Å². The van der Waals surface area contributed by atoms with Crippen molar-refractivity contribution in [2.75, 3.05) is 0 Å². The number of rotatable bonds is 1. The van der Waals surface area contributed by atoms with Crippen LogP contribution in [0.4, 0.5) is 4.39 Å². The van der Waals surface area contributed by atoms with Gasteiger partial charge in [0, 0.05) is 22.6 Å². The van der Waals surface area contributed by atoms with E-state index < -0.39 is 0 Å². The molecular weight excluding hydrogens is 417 g/mol. The molecule has 0 atom stereocenters. The predicted octanol–water partition coefficient (Wildman–Crippen LogP) is 8.65. The third-order valence-electron chi connectivity index (χ3n) is 7.58. The minimum absolute atomic E-state index is 0.185. The summed E-state index contributed by atoms with van der Waals surface area (Å²) in [6.45, 7) is 4.35. The minimum atomic E-state index is -0.265. The molecule has 7 rings (SSSR count). The van der Waals surface area contributed by atoms with Gasteiger partial charge in [-0.15, -0.1) is 0 Å². The SMILES string of the molecule is CC1(C)c2cc(F)ccc2-c2ccc(-c3nccc4c3ccc3c5ccccc5ccc43)cc21. The molecular formula is C32H22FN. The lowest BCUT2D eigenvalue weighted by Gasteiger charge is -2.22. The first-order valence-electron chi connectivity index (χ1n) is 11.7. The Bertz CT molecular complexity index is 1800. The van der Waals surface area contributed by atoms with Crippen LogP contribution in [0.1, 0.15) is 25.0 Å². The first kappa shape index (κ1) is 19.4. The number of hydrogen-bond donors (Lipinski definition) is 0. The van der Waals surface area contributed by atoms with Crippen LogP contribution in [0.25, 0.3) is 54.7 Å². The summed E-state index contributed by atoms with van der Waals surface area (Å²) in [5.74, 6) is -0.185. The predicted molar refractivity (Wildman–Crippen MR) is 140 cm³/mol. The summed E-state index contributed by atoms with van der Waals surface area (Å²) >= 11 is 0. The van der Waals surface area contributed by atoms with Gasteiger partial charge in [-0.3, -0.25) is 4.98 Å². The smallest absolute Gasteiger partial charge is 0.123 e. The summed E-state index contributed by atoms with van der Waals surface area (Å²) < 4.78 is 14.1. The van der Waals surface area contributed by atoms with Crippen molar-refractivity contribution < 1.29 is 4.39 Å². The second-order valence-corrected chi connectivity index (χ2v) is 9.78. The molecule has 0 aliphatic heterocycles. The van der Waals surface area contributed by atoms with Crippen molar-refractivity contribution in [3.05, 3.63) is 114 Å². The fraction of sp³-hybridized carbons (Fsp3) is 0.0938. The summed E-state index contributed by atoms with van der Waals surface area (Å²) in [6.07, 6.45) is 1.91. The molecule has 1 heterocycles. The average Bonchev–Trinajstić information content (AvgIpc) is 3.09. The standard InChI is InChI=1S/C32H22FN/c1-32(2)29-17-20(8-11-26(29)27-12-9-21(33)18-30(27)32)31-28-14-13-23-22-6-4-3-5-19(22)7-10-24(23)25(28)15-16-34-31/h3-18H,1-2H3. The van der Waals surface area contributed by atoms with E-state index in [2.05, 4.69) is 86.6 Å². The minimum Gasteiger partial charge on any atom is -0.256 e. The zero-order valence-electron chi connectivity index (χ0n) is 19.1. The summed E-state index contributed by atoms with van der Waals surface area (Å²) in [5.41, 5.74) is 6.37. The van der Waals surface area contributed by atoms with E-state index in [1.807, 2.05) is 12.3 Å². The van der Waals surface area contributed by atoms with E-state index in [0.29, 0.717) is 0 Å². The maximum atomic E-state index is 14.1. The molecule has 0 radical (unpaired) electrons. The Morgan fingerprint density at radius 1 is 0.618 bits per heavy atom. The zero-order valence-corrected chi connectivity index (χ0v) is 19.1. The molecule has 0 saturated heterocycles. The van der Waals surface area contributed by atoms with Crippen LogP contribution >= 0.6 is 0 Å². The average molecular weight is 440 g/mol. The van der Waals surface area contributed by atoms with Gasteiger partial charge in [-0.1, -0.05) is 80.6 Å². The van der Waals surface area contributed by atoms with Gasteiger partial charge in [-0.25, -0.2) is 4.39 Å². The van der Waals surface area contributed by atoms with Gasteiger partial charge in [0.25, 0.3) is 0 Å². The topological polar surface area (TPSA) is 12.9 Å². The first-order chi connectivity index (χ1) is 16.5. The molecule has 0 fully saturated rings. The Morgan fingerprint density at radius 2 is 1.29 bits per heavy atom. The van der Waals surface area contributed by atoms with Crippen molar-refractivity contribution >= 4 is 32.3 Å². The molecule has 0 amide bonds. The third kappa shape index (κ3) is 2.57. The molecule has 6 aromatic rings. The molecule has 1 nitrogen and oxygen atoms in total. The van der Waals surface area contributed by atoms with Gasteiger partial charge in [0.05, 0.1) is 5.69 Å². The van der Waals surface area contributed by atoms with Gasteiger partial charge in [-0.05, 0) is 73.5 Å². The van der Waals surface area contributed by atoms with Crippen LogP contribution in [-0.4, -0.2) is 4.98 Å². The van der Waals surface area contributed by atoms with Crippen molar-refractivity contribution in [2.45, 2.75) is 19.3 Å². The number of pyridine rings is 1. The molecule has 0 unspecified atom stereocenters. The maximum absolute atomic E-state index is 14.1. The Hall–Kier alpha value is -4.04. The lowest BCUT2D eigenvalue weighted by atomic mass is 9.81. The fourth-order valence-corrected chi connectivity index (χ4v) is 5.84. The van der Waals surface area contributed by atoms with Gasteiger partial charge in [-0.2, -0.15) is 0 Å². The number of aromatic nitrogens is 1. The molecule has 1 aromatic heterocycles. The molecule has 0 spiro atoms. The molecule has 0 bridgehead atoms. The first-order valence-corrected chi connectivity index (χ1v) is 11.7. The van der Waals surface area contributed by atoms with E-state index in [4.69, 9.17) is 4.98 Å². The van der Waals surface area contributed by atoms with Gasteiger partial charge in [0.1, 0.15) is 5.82 Å². The van der Waals surface area contributed by atoms with E-state index in [1.165, 1.54) is 38.1 Å². The molecule has 162 valence electrons. The number of halogens is 1. The highest BCUT2D eigenvalue weighted by Gasteiger charge is 2.36. The normalized spacial score (nSPS) is 14.0. The molecule has 1 aliphatic carbocycles. The Morgan fingerprint density at radius 3 is 2.18 bits per heavy atom. The lowest BCUT2D eigenvalue weighted by molar-refractivity contribution is 0.609. The fourth-order valence-electron chi connectivity index (χ4n) is 5.84. The van der Waals surface area contributed by atoms with E-state index >= 15 is 0 Å². The van der Waals surface area contributed by atoms with Crippen LogP contribution in [0.5, 0.6) is 0 Å². The van der Waals surface area contributed by atoms with Crippen LogP contribution < -0.4 is 0 Å². The number of benzene rings is 5. The summed E-state index contributed by atoms with van der Waals surface area (Å²) in [7, 11) is 0. The van der Waals surface area contributed by atoms with Crippen LogP contribution in [0.2, 0.25) is 0 Å². The largest absolute Gasteiger partial charge is 0.256 e. The molecule has 34 heavy (non-hydrogen) atoms. The molecule has 0 N–H and O–H groups in total. The second kappa shape index (κ2) is 6.74. The number of nitrogens with zero attached hydrogens (tertiary/aromatic N) is 1. The van der Waals surface area contributed by atoms with Crippen molar-refractivity contribution in [1.82, 2.24) is 4.98 Å². The lowest BCUT2D eigenvalue weighted by Crippen LogP contribution is -2.15. The van der Waals surface area contributed by atoms with E-state index in [0.717, 1.165) is 27.8 Å². The summed E-state index contributed by atoms with van der Waals surface area (Å²) in [4.78, 5) is 4.82. The van der Waals surface area contributed by atoms with Crippen molar-refractivity contribution in [1.29, 1.82) is 0 Å². The van der Waals surface area contributed by atoms with Crippen molar-refractivity contribution in [2.24, 2.45) is 0 Å². The van der Waals surface area contributed by atoms with Crippen LogP contribution in [0.15, 0.2) is 97.2 Å². The summed E-state index contributed by atoms with van der Waals surface area (Å²) in [5, 5.41) is 7.37. The molecule has 1 aliphatic rings. The van der Waals surface area contributed by atoms with Gasteiger partial charge < -0.3 is 0 Å². The maximum Gasteiger partial charge on any atom is 0.123 e. The number of fused-ring (bicyclic) bond motifs is 8. The van der Waals surface area contributed by atoms with Crippen LogP contribution in [-0.2, 0) is 5.41 Å². The Kier molecular flexibility index (Phi) is 3.85. The second-order valence-electron chi connectivity index (χ2n) is 9.78. The molecule has 5 aromatic carbocycles. The Labute approximate surface area is 197 Å². The zero-order chi connectivity index (χ0) is 23.0. The van der Waals surface area contributed by atoms with Gasteiger partial charge >= 0.3 is 0 Å². The Balaban J connectivity index is 1.46. The summed E-state index contributed by atoms with van der Waals surface area (Å²) in [6, 6.07) is 31.2. The van der Waals surface area contributed by atoms with Gasteiger partial charge in [0.15, 0.2) is 0 Å². The van der Waals surface area contributed by atoms with E-state index in [-0.39, 0.29) is 11.2 Å². The highest BCUT2D eigenvalue weighted by molar-refractivity contribution is 6.18. The molecule has 0 saturated carbocycles. The monoisotopic (exact) mass is 439 g/mol. The quantitative estimate of drug-likeness (QED) is 0.234. The highest BCUT2D eigenvalue weighted by atomic mass is 19.1. The van der Waals surface area contributed by atoms with Crippen LogP contribution in [0.3, 0.4) is 0 Å². The highest BCUT2D eigenvalue weighted by Crippen LogP contribution is 2.50. The van der Waals surface area contributed by atoms with E-state index in [1.54, 1.807) is 12.1 Å². The third-order valence-corrected chi connectivity index (χ3v) is 7.58. The van der Waals surface area contributed by atoms with Gasteiger partial charge in [0.2, 0.25) is 0 Å². The van der Waals surface area contributed by atoms with E-state index in [9.17, 15) is 4.39 Å². The molecule has 2 heteroatoms. The number of hydrogen-bond acceptors (Lipinski definition) is 1.